The van der Waals surface area contributed by atoms with E-state index in [1.807, 2.05) is 6.08 Å². The third kappa shape index (κ3) is 3.44. The van der Waals surface area contributed by atoms with Crippen LogP contribution in [-0.4, -0.2) is 19.8 Å². The Bertz CT molecular complexity index is 197. The van der Waals surface area contributed by atoms with Gasteiger partial charge < -0.3 is 4.74 Å². The first-order chi connectivity index (χ1) is 5.93. The summed E-state index contributed by atoms with van der Waals surface area (Å²) in [5.74, 6) is 0. The largest absolute Gasteiger partial charge is 0.375 e. The molecule has 66 valence electrons. The summed E-state index contributed by atoms with van der Waals surface area (Å²) in [5, 5.41) is 2.71. The summed E-state index contributed by atoms with van der Waals surface area (Å²) in [5.41, 5.74) is 1.29. The molecule has 0 atom stereocenters. The minimum absolute atomic E-state index is 0.253. The van der Waals surface area contributed by atoms with E-state index < -0.39 is 0 Å². The quantitative estimate of drug-likeness (QED) is 0.464. The Kier molecular flexibility index (Phi) is 4.31. The monoisotopic (exact) mass is 167 g/mol. The predicted molar refractivity (Wildman–Crippen MR) is 47.9 cm³/mol. The summed E-state index contributed by atoms with van der Waals surface area (Å²) in [7, 11) is 0. The van der Waals surface area contributed by atoms with Gasteiger partial charge >= 0.3 is 0 Å². The maximum absolute atomic E-state index is 9.70. The van der Waals surface area contributed by atoms with Crippen LogP contribution in [-0.2, 0) is 4.74 Å². The average molecular weight is 167 g/mol. The molecule has 3 heteroatoms. The molecule has 0 heterocycles. The van der Waals surface area contributed by atoms with Gasteiger partial charge in [-0.1, -0.05) is 23.4 Å². The van der Waals surface area contributed by atoms with Crippen LogP contribution in [0.4, 0.5) is 0 Å². The zero-order chi connectivity index (χ0) is 8.65. The van der Waals surface area contributed by atoms with E-state index in [-0.39, 0.29) is 6.54 Å². The number of hydrogen-bond donors (Lipinski definition) is 0. The van der Waals surface area contributed by atoms with Crippen molar-refractivity contribution in [3.8, 4) is 0 Å². The lowest BCUT2D eigenvalue weighted by Crippen LogP contribution is -2.03. The van der Waals surface area contributed by atoms with Gasteiger partial charge in [0.05, 0.1) is 13.2 Å². The minimum Gasteiger partial charge on any atom is -0.375 e. The van der Waals surface area contributed by atoms with Gasteiger partial charge in [0.1, 0.15) is 6.54 Å². The summed E-state index contributed by atoms with van der Waals surface area (Å²) in [6.45, 7) is 1.33. The van der Waals surface area contributed by atoms with E-state index in [2.05, 4.69) is 17.3 Å². The third-order valence-corrected chi connectivity index (χ3v) is 1.71. The summed E-state index contributed by atoms with van der Waals surface area (Å²) in [6, 6.07) is 0. The van der Waals surface area contributed by atoms with Crippen LogP contribution in [0.5, 0.6) is 0 Å². The van der Waals surface area contributed by atoms with E-state index in [0.717, 1.165) is 12.8 Å². The van der Waals surface area contributed by atoms with E-state index in [4.69, 9.17) is 4.74 Å². The minimum atomic E-state index is 0.253. The van der Waals surface area contributed by atoms with E-state index in [1.54, 1.807) is 0 Å². The summed E-state index contributed by atoms with van der Waals surface area (Å²) >= 11 is 0. The van der Waals surface area contributed by atoms with Gasteiger partial charge in [-0.2, -0.15) is 4.91 Å². The first-order valence-corrected chi connectivity index (χ1v) is 4.15. The van der Waals surface area contributed by atoms with Crippen LogP contribution in [0, 0.1) is 4.91 Å². The number of nitroso groups, excluding NO2 is 1. The molecule has 0 amide bonds. The lowest BCUT2D eigenvalue weighted by molar-refractivity contribution is 0.162. The van der Waals surface area contributed by atoms with Gasteiger partial charge in [0.25, 0.3) is 0 Å². The molecule has 3 nitrogen and oxygen atoms in total. The Balaban J connectivity index is 2.09. The predicted octanol–water partition coefficient (Wildman–Crippen LogP) is 2.05. The van der Waals surface area contributed by atoms with Crippen molar-refractivity contribution in [3.05, 3.63) is 28.7 Å². The fourth-order valence-corrected chi connectivity index (χ4v) is 1.08. The molecule has 1 rings (SSSR count). The van der Waals surface area contributed by atoms with Crippen LogP contribution < -0.4 is 0 Å². The van der Waals surface area contributed by atoms with Crippen molar-refractivity contribution >= 4 is 0 Å². The zero-order valence-corrected chi connectivity index (χ0v) is 7.03. The Morgan fingerprint density at radius 2 is 2.50 bits per heavy atom. The molecule has 0 unspecified atom stereocenters. The molecule has 0 aromatic heterocycles. The van der Waals surface area contributed by atoms with Crippen LogP contribution in [0.3, 0.4) is 0 Å². The molecule has 0 saturated carbocycles. The third-order valence-electron chi connectivity index (χ3n) is 1.71. The van der Waals surface area contributed by atoms with E-state index in [0.29, 0.717) is 13.2 Å². The van der Waals surface area contributed by atoms with Crippen molar-refractivity contribution in [2.75, 3.05) is 19.8 Å². The number of hydrogen-bond acceptors (Lipinski definition) is 3. The van der Waals surface area contributed by atoms with E-state index >= 15 is 0 Å². The molecule has 0 aliphatic heterocycles. The highest BCUT2D eigenvalue weighted by atomic mass is 16.5. The second-order valence-electron chi connectivity index (χ2n) is 2.70. The number of rotatable bonds is 5. The Labute approximate surface area is 72.1 Å². The molecule has 0 bridgehead atoms. The summed E-state index contributed by atoms with van der Waals surface area (Å²) in [6.07, 6.45) is 8.42. The van der Waals surface area contributed by atoms with Gasteiger partial charge in [-0.15, -0.1) is 0 Å². The maximum atomic E-state index is 9.70. The Morgan fingerprint density at radius 3 is 3.17 bits per heavy atom. The molecule has 1 aliphatic carbocycles. The van der Waals surface area contributed by atoms with Crippen molar-refractivity contribution in [2.45, 2.75) is 12.8 Å². The summed E-state index contributed by atoms with van der Waals surface area (Å²) < 4.78 is 5.22. The molecule has 1 aliphatic rings. The van der Waals surface area contributed by atoms with Crippen molar-refractivity contribution in [3.63, 3.8) is 0 Å². The number of ether oxygens (including phenoxy) is 1. The van der Waals surface area contributed by atoms with Gasteiger partial charge in [-0.05, 0) is 18.4 Å². The summed E-state index contributed by atoms with van der Waals surface area (Å²) in [4.78, 5) is 9.70. The van der Waals surface area contributed by atoms with Gasteiger partial charge in [-0.3, -0.25) is 0 Å². The van der Waals surface area contributed by atoms with Crippen LogP contribution in [0.1, 0.15) is 12.8 Å². The lowest BCUT2D eigenvalue weighted by Gasteiger charge is -2.08. The zero-order valence-electron chi connectivity index (χ0n) is 7.03. The van der Waals surface area contributed by atoms with Gasteiger partial charge in [0, 0.05) is 0 Å². The maximum Gasteiger partial charge on any atom is 0.104 e. The molecule has 0 fully saturated rings. The molecule has 0 saturated heterocycles. The van der Waals surface area contributed by atoms with E-state index in [9.17, 15) is 4.91 Å². The molecule has 0 aromatic rings. The fourth-order valence-electron chi connectivity index (χ4n) is 1.08. The first kappa shape index (κ1) is 9.13. The van der Waals surface area contributed by atoms with Crippen LogP contribution in [0.15, 0.2) is 29.0 Å². The highest BCUT2D eigenvalue weighted by Crippen LogP contribution is 2.11. The van der Waals surface area contributed by atoms with Crippen LogP contribution >= 0.6 is 0 Å². The molecule has 12 heavy (non-hydrogen) atoms. The van der Waals surface area contributed by atoms with Crippen molar-refractivity contribution in [2.24, 2.45) is 5.18 Å². The number of nitrogens with zero attached hydrogens (tertiary/aromatic N) is 1. The second-order valence-corrected chi connectivity index (χ2v) is 2.70. The molecule has 0 radical (unpaired) electrons. The van der Waals surface area contributed by atoms with Gasteiger partial charge in [-0.25, -0.2) is 0 Å². The standard InChI is InChI=1S/C9H13NO2/c11-10-6-7-12-8-9-4-2-1-3-5-9/h1-2,4H,3,5-8H2. The average Bonchev–Trinajstić information content (AvgIpc) is 2.14. The van der Waals surface area contributed by atoms with Gasteiger partial charge in [0.2, 0.25) is 0 Å². The molecule has 0 spiro atoms. The van der Waals surface area contributed by atoms with E-state index in [1.165, 1.54) is 5.57 Å². The SMILES string of the molecule is O=NCCOCC1=CC=CCC1. The Morgan fingerprint density at radius 1 is 1.58 bits per heavy atom. The number of allylic oxidation sites excluding steroid dienone is 3. The van der Waals surface area contributed by atoms with Crippen molar-refractivity contribution in [1.29, 1.82) is 0 Å². The Hall–Kier alpha value is -0.960. The van der Waals surface area contributed by atoms with Crippen LogP contribution in [0.2, 0.25) is 0 Å². The van der Waals surface area contributed by atoms with Crippen molar-refractivity contribution in [1.82, 2.24) is 0 Å². The van der Waals surface area contributed by atoms with Gasteiger partial charge in [0.15, 0.2) is 0 Å². The molecule has 0 aromatic carbocycles. The highest BCUT2D eigenvalue weighted by Gasteiger charge is 1.98. The normalized spacial score (nSPS) is 15.8. The van der Waals surface area contributed by atoms with Crippen LogP contribution in [0.25, 0.3) is 0 Å². The lowest BCUT2D eigenvalue weighted by atomic mass is 10.1. The fraction of sp³-hybridized carbons (Fsp3) is 0.556. The highest BCUT2D eigenvalue weighted by molar-refractivity contribution is 5.17. The molecular formula is C9H13NO2. The first-order valence-electron chi connectivity index (χ1n) is 4.15. The smallest absolute Gasteiger partial charge is 0.104 e. The topological polar surface area (TPSA) is 38.7 Å². The molecule has 0 N–H and O–H groups in total. The van der Waals surface area contributed by atoms with Crippen molar-refractivity contribution < 1.29 is 4.74 Å². The second kappa shape index (κ2) is 5.66. The molecular weight excluding hydrogens is 154 g/mol.